The lowest BCUT2D eigenvalue weighted by atomic mass is 10.2. The van der Waals surface area contributed by atoms with Crippen LogP contribution in [0.4, 0.5) is 19.0 Å². The first kappa shape index (κ1) is 16.3. The number of rotatable bonds is 5. The SMILES string of the molecule is CCOC(=O)c1nc(CC)n(C(C)CC(F)(F)F)c1N. The highest BCUT2D eigenvalue weighted by Gasteiger charge is 2.33. The highest BCUT2D eigenvalue weighted by atomic mass is 19.4. The molecule has 0 amide bonds. The fourth-order valence-corrected chi connectivity index (χ4v) is 2.01. The molecule has 1 heterocycles. The molecule has 0 radical (unpaired) electrons. The largest absolute Gasteiger partial charge is 0.461 e. The van der Waals surface area contributed by atoms with Crippen molar-refractivity contribution in [2.24, 2.45) is 0 Å². The van der Waals surface area contributed by atoms with Gasteiger partial charge in [0.1, 0.15) is 11.6 Å². The van der Waals surface area contributed by atoms with E-state index in [9.17, 15) is 18.0 Å². The maximum absolute atomic E-state index is 12.5. The van der Waals surface area contributed by atoms with Crippen LogP contribution in [0.1, 0.15) is 49.5 Å². The van der Waals surface area contributed by atoms with Crippen LogP contribution in [0.15, 0.2) is 0 Å². The standard InChI is InChI=1S/C12H18F3N3O2/c1-4-8-17-9(11(19)20-5-2)10(16)18(8)7(3)6-12(13,14)15/h7H,4-6,16H2,1-3H3. The lowest BCUT2D eigenvalue weighted by Gasteiger charge is -2.19. The Morgan fingerprint density at radius 1 is 1.45 bits per heavy atom. The summed E-state index contributed by atoms with van der Waals surface area (Å²) in [5.74, 6) is -0.475. The zero-order valence-corrected chi connectivity index (χ0v) is 11.6. The van der Waals surface area contributed by atoms with Crippen molar-refractivity contribution in [2.45, 2.75) is 45.8 Å². The average Bonchev–Trinajstić information content (AvgIpc) is 2.64. The van der Waals surface area contributed by atoms with Crippen molar-refractivity contribution in [3.8, 4) is 0 Å². The number of hydrogen-bond acceptors (Lipinski definition) is 4. The van der Waals surface area contributed by atoms with Crippen molar-refractivity contribution in [1.82, 2.24) is 9.55 Å². The Bertz CT molecular complexity index is 483. The van der Waals surface area contributed by atoms with Gasteiger partial charge < -0.3 is 15.0 Å². The molecule has 0 spiro atoms. The molecule has 0 saturated carbocycles. The number of ether oxygens (including phenoxy) is 1. The van der Waals surface area contributed by atoms with Crippen LogP contribution in [0.2, 0.25) is 0 Å². The summed E-state index contributed by atoms with van der Waals surface area (Å²) in [6.07, 6.45) is -4.99. The van der Waals surface area contributed by atoms with Crippen molar-refractivity contribution in [3.63, 3.8) is 0 Å². The summed E-state index contributed by atoms with van der Waals surface area (Å²) in [5, 5.41) is 0. The molecule has 0 fully saturated rings. The second-order valence-electron chi connectivity index (χ2n) is 4.37. The van der Waals surface area contributed by atoms with E-state index < -0.39 is 24.6 Å². The van der Waals surface area contributed by atoms with Gasteiger partial charge in [-0.2, -0.15) is 13.2 Å². The van der Waals surface area contributed by atoms with E-state index in [-0.39, 0.29) is 18.1 Å². The molecule has 1 aromatic heterocycles. The molecule has 0 aliphatic carbocycles. The molecule has 1 atom stereocenters. The second kappa shape index (κ2) is 6.15. The third kappa shape index (κ3) is 3.64. The molecule has 1 rings (SSSR count). The highest BCUT2D eigenvalue weighted by molar-refractivity contribution is 5.92. The van der Waals surface area contributed by atoms with E-state index in [0.717, 1.165) is 0 Å². The van der Waals surface area contributed by atoms with Gasteiger partial charge in [-0.05, 0) is 13.8 Å². The van der Waals surface area contributed by atoms with E-state index in [1.165, 1.54) is 11.5 Å². The number of aromatic nitrogens is 2. The Morgan fingerprint density at radius 2 is 2.05 bits per heavy atom. The zero-order chi connectivity index (χ0) is 15.5. The molecule has 1 aromatic rings. The number of anilines is 1. The van der Waals surface area contributed by atoms with Gasteiger partial charge in [0.05, 0.1) is 13.0 Å². The van der Waals surface area contributed by atoms with Gasteiger partial charge in [0, 0.05) is 12.5 Å². The van der Waals surface area contributed by atoms with Crippen LogP contribution in [-0.4, -0.2) is 28.3 Å². The van der Waals surface area contributed by atoms with E-state index in [0.29, 0.717) is 12.2 Å². The van der Waals surface area contributed by atoms with Gasteiger partial charge in [0.15, 0.2) is 5.69 Å². The van der Waals surface area contributed by atoms with Gasteiger partial charge in [0.25, 0.3) is 0 Å². The van der Waals surface area contributed by atoms with Gasteiger partial charge in [-0.1, -0.05) is 6.92 Å². The topological polar surface area (TPSA) is 70.1 Å². The number of aryl methyl sites for hydroxylation is 1. The number of imidazole rings is 1. The molecule has 1 unspecified atom stereocenters. The van der Waals surface area contributed by atoms with E-state index in [1.54, 1.807) is 13.8 Å². The molecule has 5 nitrogen and oxygen atoms in total. The molecule has 0 bridgehead atoms. The molecule has 2 N–H and O–H groups in total. The van der Waals surface area contributed by atoms with E-state index >= 15 is 0 Å². The van der Waals surface area contributed by atoms with Crippen LogP contribution in [0.5, 0.6) is 0 Å². The van der Waals surface area contributed by atoms with Gasteiger partial charge >= 0.3 is 12.1 Å². The molecule has 0 aromatic carbocycles. The van der Waals surface area contributed by atoms with Crippen LogP contribution in [0.25, 0.3) is 0 Å². The lowest BCUT2D eigenvalue weighted by Crippen LogP contribution is -2.19. The van der Waals surface area contributed by atoms with Crippen molar-refractivity contribution in [2.75, 3.05) is 12.3 Å². The first-order valence-corrected chi connectivity index (χ1v) is 6.31. The first-order chi connectivity index (χ1) is 9.21. The first-order valence-electron chi connectivity index (χ1n) is 6.31. The zero-order valence-electron chi connectivity index (χ0n) is 11.6. The Kier molecular flexibility index (Phi) is 5.02. The quantitative estimate of drug-likeness (QED) is 0.847. The molecule has 0 aliphatic heterocycles. The van der Waals surface area contributed by atoms with E-state index in [1.807, 2.05) is 0 Å². The number of carbonyl (C=O) groups is 1. The third-order valence-corrected chi connectivity index (χ3v) is 2.77. The monoisotopic (exact) mass is 293 g/mol. The maximum Gasteiger partial charge on any atom is 0.391 e. The number of nitrogens with zero attached hydrogens (tertiary/aromatic N) is 2. The summed E-state index contributed by atoms with van der Waals surface area (Å²) < 4.78 is 43.5. The second-order valence-corrected chi connectivity index (χ2v) is 4.37. The third-order valence-electron chi connectivity index (χ3n) is 2.77. The highest BCUT2D eigenvalue weighted by Crippen LogP contribution is 2.31. The normalized spacial score (nSPS) is 13.3. The summed E-state index contributed by atoms with van der Waals surface area (Å²) in [6, 6.07) is -0.930. The molecular weight excluding hydrogens is 275 g/mol. The van der Waals surface area contributed by atoms with Gasteiger partial charge in [-0.25, -0.2) is 9.78 Å². The number of halogens is 3. The molecule has 0 saturated heterocycles. The van der Waals surface area contributed by atoms with Crippen LogP contribution in [0, 0.1) is 0 Å². The van der Waals surface area contributed by atoms with Gasteiger partial charge in [-0.3, -0.25) is 0 Å². The van der Waals surface area contributed by atoms with Crippen molar-refractivity contribution in [1.29, 1.82) is 0 Å². The summed E-state index contributed by atoms with van der Waals surface area (Å²) in [6.45, 7) is 4.88. The predicted octanol–water partition coefficient (Wildman–Crippen LogP) is 2.72. The van der Waals surface area contributed by atoms with Crippen molar-refractivity contribution in [3.05, 3.63) is 11.5 Å². The molecule has 20 heavy (non-hydrogen) atoms. The van der Waals surface area contributed by atoms with Crippen LogP contribution < -0.4 is 5.73 Å². The summed E-state index contributed by atoms with van der Waals surface area (Å²) >= 11 is 0. The fourth-order valence-electron chi connectivity index (χ4n) is 2.01. The van der Waals surface area contributed by atoms with Crippen LogP contribution >= 0.6 is 0 Å². The minimum atomic E-state index is -4.31. The number of esters is 1. The maximum atomic E-state index is 12.5. The van der Waals surface area contributed by atoms with Crippen LogP contribution in [0.3, 0.4) is 0 Å². The molecular formula is C12H18F3N3O2. The van der Waals surface area contributed by atoms with Crippen molar-refractivity contribution < 1.29 is 22.7 Å². The van der Waals surface area contributed by atoms with Crippen molar-refractivity contribution >= 4 is 11.8 Å². The van der Waals surface area contributed by atoms with E-state index in [4.69, 9.17) is 10.5 Å². The minimum Gasteiger partial charge on any atom is -0.461 e. The summed E-state index contributed by atoms with van der Waals surface area (Å²) in [4.78, 5) is 15.6. The number of hydrogen-bond donors (Lipinski definition) is 1. The number of carbonyl (C=O) groups excluding carboxylic acids is 1. The van der Waals surface area contributed by atoms with Gasteiger partial charge in [-0.15, -0.1) is 0 Å². The predicted molar refractivity (Wildman–Crippen MR) is 67.4 cm³/mol. The minimum absolute atomic E-state index is 0.0861. The van der Waals surface area contributed by atoms with E-state index in [2.05, 4.69) is 4.98 Å². The Balaban J connectivity index is 3.15. The number of nitrogen functional groups attached to an aromatic ring is 1. The Morgan fingerprint density at radius 3 is 2.50 bits per heavy atom. The Hall–Kier alpha value is -1.73. The summed E-state index contributed by atoms with van der Waals surface area (Å²) in [5.41, 5.74) is 5.64. The number of alkyl halides is 3. The smallest absolute Gasteiger partial charge is 0.391 e. The lowest BCUT2D eigenvalue weighted by molar-refractivity contribution is -0.141. The number of nitrogens with two attached hydrogens (primary N) is 1. The molecule has 8 heteroatoms. The average molecular weight is 293 g/mol. The fraction of sp³-hybridized carbons (Fsp3) is 0.667. The van der Waals surface area contributed by atoms with Gasteiger partial charge in [0.2, 0.25) is 0 Å². The van der Waals surface area contributed by atoms with Crippen LogP contribution in [-0.2, 0) is 11.2 Å². The molecule has 114 valence electrons. The Labute approximate surface area is 114 Å². The summed E-state index contributed by atoms with van der Waals surface area (Å²) in [7, 11) is 0. The molecule has 0 aliphatic rings.